The molecule has 0 saturated carbocycles. The monoisotopic (exact) mass is 184 g/mol. The molecule has 0 aliphatic rings. The standard InChI is InChI=1S/C13H10O/c14-13(11-7-3-1-4-8-11)12-9-5-2-6-10-12/h1-10H/i14+2. The van der Waals surface area contributed by atoms with E-state index in [2.05, 4.69) is 0 Å². The highest BCUT2D eigenvalue weighted by molar-refractivity contribution is 6.08. The second-order valence-corrected chi connectivity index (χ2v) is 3.06. The number of hydrogen-bond acceptors (Lipinski definition) is 1. The first-order valence-electron chi connectivity index (χ1n) is 4.53. The molecule has 0 unspecified atom stereocenters. The van der Waals surface area contributed by atoms with E-state index >= 15 is 0 Å². The minimum Gasteiger partial charge on any atom is -0.289 e. The zero-order valence-corrected chi connectivity index (χ0v) is 7.68. The van der Waals surface area contributed by atoms with Crippen LogP contribution >= 0.6 is 0 Å². The predicted octanol–water partition coefficient (Wildman–Crippen LogP) is 2.92. The van der Waals surface area contributed by atoms with Crippen molar-refractivity contribution < 1.29 is 4.79 Å². The maximum Gasteiger partial charge on any atom is 0.193 e. The van der Waals surface area contributed by atoms with Gasteiger partial charge in [-0.2, -0.15) is 0 Å². The largest absolute Gasteiger partial charge is 0.289 e. The molecule has 1 heteroatoms. The highest BCUT2D eigenvalue weighted by Crippen LogP contribution is 2.08. The Morgan fingerprint density at radius 2 is 1.00 bits per heavy atom. The van der Waals surface area contributed by atoms with Gasteiger partial charge in [0.05, 0.1) is 0 Å². The van der Waals surface area contributed by atoms with Gasteiger partial charge in [-0.3, -0.25) is 4.79 Å². The van der Waals surface area contributed by atoms with Crippen molar-refractivity contribution in [3.8, 4) is 0 Å². The van der Waals surface area contributed by atoms with Crippen molar-refractivity contribution in [1.82, 2.24) is 0 Å². The number of benzene rings is 2. The van der Waals surface area contributed by atoms with Gasteiger partial charge in [0.2, 0.25) is 0 Å². The third-order valence-corrected chi connectivity index (χ3v) is 2.07. The molecule has 0 amide bonds. The minimum atomic E-state index is 0.0752. The van der Waals surface area contributed by atoms with Crippen molar-refractivity contribution in [3.05, 3.63) is 71.8 Å². The molecule has 1 nitrogen and oxygen atoms in total. The first kappa shape index (κ1) is 8.70. The number of carbonyl (C=O) groups excluding carboxylic acids is 1. The maximum absolute atomic E-state index is 11.8. The Bertz CT molecular complexity index is 376. The molecule has 68 valence electrons. The highest BCUT2D eigenvalue weighted by atomic mass is 18.1. The van der Waals surface area contributed by atoms with Gasteiger partial charge in [-0.15, -0.1) is 0 Å². The summed E-state index contributed by atoms with van der Waals surface area (Å²) in [5, 5.41) is 0. The first-order valence-corrected chi connectivity index (χ1v) is 4.53. The Labute approximate surface area is 83.0 Å². The number of ketones is 1. The number of rotatable bonds is 2. The third kappa shape index (κ3) is 1.72. The van der Waals surface area contributed by atoms with Crippen molar-refractivity contribution in [2.45, 2.75) is 0 Å². The molecular weight excluding hydrogens is 174 g/mol. The summed E-state index contributed by atoms with van der Waals surface area (Å²) in [6.45, 7) is 0. The fourth-order valence-electron chi connectivity index (χ4n) is 1.35. The van der Waals surface area contributed by atoms with Crippen LogP contribution in [-0.4, -0.2) is 5.78 Å². The molecule has 0 atom stereocenters. The van der Waals surface area contributed by atoms with Crippen molar-refractivity contribution in [2.75, 3.05) is 0 Å². The van der Waals surface area contributed by atoms with Gasteiger partial charge in [0.1, 0.15) is 0 Å². The molecule has 0 saturated heterocycles. The van der Waals surface area contributed by atoms with E-state index in [1.165, 1.54) is 0 Å². The SMILES string of the molecule is [18O]=C(c1ccccc1)c1ccccc1. The van der Waals surface area contributed by atoms with Gasteiger partial charge in [-0.1, -0.05) is 60.7 Å². The Balaban J connectivity index is 2.35. The summed E-state index contributed by atoms with van der Waals surface area (Å²) in [6.07, 6.45) is 0. The zero-order chi connectivity index (χ0) is 9.80. The van der Waals surface area contributed by atoms with Gasteiger partial charge >= 0.3 is 0 Å². The summed E-state index contributed by atoms with van der Waals surface area (Å²) >= 11 is 0. The lowest BCUT2D eigenvalue weighted by molar-refractivity contribution is 0.103. The second kappa shape index (κ2) is 3.88. The maximum atomic E-state index is 11.8. The topological polar surface area (TPSA) is 17.1 Å². The normalized spacial score (nSPS) is 9.71. The first-order chi connectivity index (χ1) is 6.88. The lowest BCUT2D eigenvalue weighted by Crippen LogP contribution is -1.99. The van der Waals surface area contributed by atoms with Crippen molar-refractivity contribution in [2.24, 2.45) is 0 Å². The van der Waals surface area contributed by atoms with Crippen LogP contribution in [0.5, 0.6) is 0 Å². The summed E-state index contributed by atoms with van der Waals surface area (Å²) < 4.78 is 0. The fourth-order valence-corrected chi connectivity index (χ4v) is 1.35. The zero-order valence-electron chi connectivity index (χ0n) is 7.68. The van der Waals surface area contributed by atoms with Crippen LogP contribution in [0.3, 0.4) is 0 Å². The van der Waals surface area contributed by atoms with Crippen molar-refractivity contribution >= 4 is 5.78 Å². The average Bonchev–Trinajstić information content (AvgIpc) is 2.30. The second-order valence-electron chi connectivity index (χ2n) is 3.06. The lowest BCUT2D eigenvalue weighted by atomic mass is 10.0. The predicted molar refractivity (Wildman–Crippen MR) is 56.3 cm³/mol. The van der Waals surface area contributed by atoms with Crippen LogP contribution in [0.2, 0.25) is 0 Å². The highest BCUT2D eigenvalue weighted by Gasteiger charge is 2.06. The molecule has 0 aliphatic heterocycles. The van der Waals surface area contributed by atoms with Crippen LogP contribution in [0.15, 0.2) is 60.7 Å². The molecule has 2 rings (SSSR count). The molecular formula is C13H10O. The van der Waals surface area contributed by atoms with E-state index in [0.29, 0.717) is 0 Å². The Morgan fingerprint density at radius 1 is 0.643 bits per heavy atom. The third-order valence-electron chi connectivity index (χ3n) is 2.07. The smallest absolute Gasteiger partial charge is 0.193 e. The molecule has 0 aromatic heterocycles. The van der Waals surface area contributed by atoms with Crippen LogP contribution in [0, 0.1) is 0 Å². The molecule has 0 N–H and O–H groups in total. The summed E-state index contributed by atoms with van der Waals surface area (Å²) in [7, 11) is 0. The molecule has 0 fully saturated rings. The molecule has 2 aromatic carbocycles. The van der Waals surface area contributed by atoms with Crippen LogP contribution in [-0.2, 0) is 0 Å². The summed E-state index contributed by atoms with van der Waals surface area (Å²) in [4.78, 5) is 11.8. The molecule has 2 aromatic rings. The molecule has 0 bridgehead atoms. The van der Waals surface area contributed by atoms with Crippen LogP contribution in [0.1, 0.15) is 15.9 Å². The van der Waals surface area contributed by atoms with E-state index in [0.717, 1.165) is 11.1 Å². The Kier molecular flexibility index (Phi) is 2.41. The molecule has 0 radical (unpaired) electrons. The van der Waals surface area contributed by atoms with Gasteiger partial charge < -0.3 is 0 Å². The molecule has 0 heterocycles. The summed E-state index contributed by atoms with van der Waals surface area (Å²) in [6, 6.07) is 18.6. The molecule has 14 heavy (non-hydrogen) atoms. The number of hydrogen-bond donors (Lipinski definition) is 0. The van der Waals surface area contributed by atoms with E-state index < -0.39 is 0 Å². The average molecular weight is 184 g/mol. The fraction of sp³-hybridized carbons (Fsp3) is 0. The molecule has 0 spiro atoms. The van der Waals surface area contributed by atoms with Crippen molar-refractivity contribution in [3.63, 3.8) is 0 Å². The Hall–Kier alpha value is -1.89. The van der Waals surface area contributed by atoms with E-state index in [-0.39, 0.29) is 5.78 Å². The van der Waals surface area contributed by atoms with E-state index in [1.807, 2.05) is 60.7 Å². The van der Waals surface area contributed by atoms with Crippen LogP contribution < -0.4 is 0 Å². The van der Waals surface area contributed by atoms with E-state index in [9.17, 15) is 4.79 Å². The van der Waals surface area contributed by atoms with Gasteiger partial charge in [-0.05, 0) is 0 Å². The summed E-state index contributed by atoms with van der Waals surface area (Å²) in [5.74, 6) is 0.0752. The van der Waals surface area contributed by atoms with E-state index in [1.54, 1.807) is 0 Å². The van der Waals surface area contributed by atoms with E-state index in [4.69, 9.17) is 0 Å². The quantitative estimate of drug-likeness (QED) is 0.518. The Morgan fingerprint density at radius 3 is 1.36 bits per heavy atom. The van der Waals surface area contributed by atoms with Gasteiger partial charge in [0.25, 0.3) is 0 Å². The number of carbonyl (C=O) groups is 1. The minimum absolute atomic E-state index is 0.0752. The van der Waals surface area contributed by atoms with Crippen molar-refractivity contribution in [1.29, 1.82) is 0 Å². The summed E-state index contributed by atoms with van der Waals surface area (Å²) in [5.41, 5.74) is 1.47. The van der Waals surface area contributed by atoms with Crippen LogP contribution in [0.25, 0.3) is 0 Å². The van der Waals surface area contributed by atoms with Gasteiger partial charge in [-0.25, -0.2) is 0 Å². The lowest BCUT2D eigenvalue weighted by Gasteiger charge is -1.99. The van der Waals surface area contributed by atoms with Gasteiger partial charge in [0.15, 0.2) is 5.78 Å². The van der Waals surface area contributed by atoms with Crippen LogP contribution in [0.4, 0.5) is 0 Å². The van der Waals surface area contributed by atoms with Gasteiger partial charge in [0, 0.05) is 11.1 Å². The molecule has 0 aliphatic carbocycles.